The highest BCUT2D eigenvalue weighted by atomic mass is 16.4. The maximum absolute atomic E-state index is 12.4. The van der Waals surface area contributed by atoms with Gasteiger partial charge in [-0.05, 0) is 52.2 Å². The summed E-state index contributed by atoms with van der Waals surface area (Å²) in [7, 11) is 0. The van der Waals surface area contributed by atoms with Crippen LogP contribution in [-0.2, 0) is 10.4 Å². The van der Waals surface area contributed by atoms with Crippen LogP contribution in [0, 0.1) is 0 Å². The van der Waals surface area contributed by atoms with Gasteiger partial charge in [0, 0.05) is 32.1 Å². The number of carbonyl (C=O) groups excluding carboxylic acids is 1. The molecule has 1 aliphatic heterocycles. The van der Waals surface area contributed by atoms with Crippen molar-refractivity contribution in [3.63, 3.8) is 0 Å². The number of hydrogen-bond acceptors (Lipinski definition) is 4. The molecule has 7 nitrogen and oxygen atoms in total. The van der Waals surface area contributed by atoms with Crippen molar-refractivity contribution in [1.82, 2.24) is 15.5 Å². The smallest absolute Gasteiger partial charge is 0.224 e. The molecule has 1 aromatic rings. The Morgan fingerprint density at radius 3 is 2.92 bits per heavy atom. The third kappa shape index (κ3) is 5.76. The highest BCUT2D eigenvalue weighted by Crippen LogP contribution is 2.21. The van der Waals surface area contributed by atoms with Crippen LogP contribution >= 0.6 is 0 Å². The summed E-state index contributed by atoms with van der Waals surface area (Å²) in [6.07, 6.45) is 5.35. The van der Waals surface area contributed by atoms with Crippen molar-refractivity contribution in [2.24, 2.45) is 4.99 Å². The van der Waals surface area contributed by atoms with Crippen molar-refractivity contribution in [3.05, 3.63) is 24.2 Å². The number of likely N-dealkylation sites (tertiary alicyclic amines) is 1. The van der Waals surface area contributed by atoms with E-state index >= 15 is 0 Å². The molecule has 1 saturated heterocycles. The molecule has 146 valence electrons. The van der Waals surface area contributed by atoms with Crippen molar-refractivity contribution in [2.45, 2.75) is 58.1 Å². The molecule has 0 aliphatic carbocycles. The predicted molar refractivity (Wildman–Crippen MR) is 102 cm³/mol. The van der Waals surface area contributed by atoms with E-state index in [0.717, 1.165) is 19.4 Å². The van der Waals surface area contributed by atoms with Gasteiger partial charge in [-0.2, -0.15) is 0 Å². The van der Waals surface area contributed by atoms with E-state index in [-0.39, 0.29) is 12.5 Å². The second kappa shape index (κ2) is 9.62. The molecular weight excluding hydrogens is 332 g/mol. The second-order valence-corrected chi connectivity index (χ2v) is 7.06. The van der Waals surface area contributed by atoms with Gasteiger partial charge in [0.1, 0.15) is 11.4 Å². The summed E-state index contributed by atoms with van der Waals surface area (Å²) >= 11 is 0. The van der Waals surface area contributed by atoms with E-state index < -0.39 is 5.60 Å². The molecule has 0 spiro atoms. The maximum atomic E-state index is 12.4. The first-order valence-electron chi connectivity index (χ1n) is 9.52. The monoisotopic (exact) mass is 364 g/mol. The minimum absolute atomic E-state index is 0.160. The number of aliphatic hydroxyl groups is 1. The first kappa shape index (κ1) is 20.3. The van der Waals surface area contributed by atoms with E-state index in [9.17, 15) is 9.90 Å². The summed E-state index contributed by atoms with van der Waals surface area (Å²) in [6, 6.07) is 3.81. The topological polar surface area (TPSA) is 90.1 Å². The lowest BCUT2D eigenvalue weighted by Crippen LogP contribution is -2.44. The molecule has 26 heavy (non-hydrogen) atoms. The standard InChI is InChI=1S/C19H32N4O3/c1-4-20-18(22-14-19(3,25)16-9-7-13-26-16)21-11-10-17(24)23-12-6-5-8-15(23)2/h7,9,13,15,25H,4-6,8,10-12,14H2,1-3H3,(H2,20,21,22). The van der Waals surface area contributed by atoms with Crippen molar-refractivity contribution in [1.29, 1.82) is 0 Å². The quantitative estimate of drug-likeness (QED) is 0.507. The number of guanidine groups is 1. The number of nitrogens with zero attached hydrogens (tertiary/aromatic N) is 2. The number of hydrogen-bond donors (Lipinski definition) is 3. The number of nitrogens with one attached hydrogen (secondary N) is 2. The fourth-order valence-corrected chi connectivity index (χ4v) is 3.14. The van der Waals surface area contributed by atoms with Gasteiger partial charge in [-0.15, -0.1) is 0 Å². The fourth-order valence-electron chi connectivity index (χ4n) is 3.14. The number of furan rings is 1. The van der Waals surface area contributed by atoms with Gasteiger partial charge in [-0.25, -0.2) is 4.99 Å². The second-order valence-electron chi connectivity index (χ2n) is 7.06. The summed E-state index contributed by atoms with van der Waals surface area (Å²) < 4.78 is 5.27. The van der Waals surface area contributed by atoms with Crippen molar-refractivity contribution < 1.29 is 14.3 Å². The van der Waals surface area contributed by atoms with Crippen LogP contribution in [0.1, 0.15) is 52.2 Å². The third-order valence-electron chi connectivity index (χ3n) is 4.70. The average Bonchev–Trinajstić information content (AvgIpc) is 3.15. The fraction of sp³-hybridized carbons (Fsp3) is 0.684. The number of aliphatic imine (C=N–C) groups is 1. The Morgan fingerprint density at radius 2 is 2.27 bits per heavy atom. The molecule has 3 N–H and O–H groups in total. The summed E-state index contributed by atoms with van der Waals surface area (Å²) in [6.45, 7) is 7.99. The highest BCUT2D eigenvalue weighted by molar-refractivity contribution is 5.81. The Kier molecular flexibility index (Phi) is 7.50. The molecular formula is C19H32N4O3. The van der Waals surface area contributed by atoms with Crippen LogP contribution in [0.15, 0.2) is 27.8 Å². The van der Waals surface area contributed by atoms with Gasteiger partial charge in [0.2, 0.25) is 5.91 Å². The van der Waals surface area contributed by atoms with E-state index in [4.69, 9.17) is 4.42 Å². The van der Waals surface area contributed by atoms with Crippen LogP contribution in [0.25, 0.3) is 0 Å². The lowest BCUT2D eigenvalue weighted by molar-refractivity contribution is -0.134. The van der Waals surface area contributed by atoms with E-state index in [1.165, 1.54) is 12.7 Å². The Balaban J connectivity index is 1.84. The first-order chi connectivity index (χ1) is 12.4. The van der Waals surface area contributed by atoms with Gasteiger partial charge in [0.15, 0.2) is 5.96 Å². The first-order valence-corrected chi connectivity index (χ1v) is 9.52. The number of rotatable bonds is 7. The minimum atomic E-state index is -1.18. The van der Waals surface area contributed by atoms with Crippen molar-refractivity contribution >= 4 is 11.9 Å². The van der Waals surface area contributed by atoms with Crippen LogP contribution in [0.5, 0.6) is 0 Å². The molecule has 7 heteroatoms. The van der Waals surface area contributed by atoms with Crippen molar-refractivity contribution in [3.8, 4) is 0 Å². The average molecular weight is 364 g/mol. The zero-order chi connectivity index (χ0) is 19.0. The number of piperidine rings is 1. The van der Waals surface area contributed by atoms with E-state index in [0.29, 0.717) is 37.3 Å². The maximum Gasteiger partial charge on any atom is 0.224 e. The molecule has 1 aliphatic rings. The van der Waals surface area contributed by atoms with Gasteiger partial charge in [0.25, 0.3) is 0 Å². The Morgan fingerprint density at radius 1 is 1.46 bits per heavy atom. The van der Waals surface area contributed by atoms with Gasteiger partial charge >= 0.3 is 0 Å². The molecule has 0 radical (unpaired) electrons. The number of carbonyl (C=O) groups is 1. The molecule has 1 amide bonds. The van der Waals surface area contributed by atoms with Crippen LogP contribution in [0.2, 0.25) is 0 Å². The Labute approximate surface area is 155 Å². The predicted octanol–water partition coefficient (Wildman–Crippen LogP) is 1.83. The molecule has 2 unspecified atom stereocenters. The summed E-state index contributed by atoms with van der Waals surface area (Å²) in [5.74, 6) is 1.24. The molecule has 0 saturated carbocycles. The van der Waals surface area contributed by atoms with Gasteiger partial charge in [-0.3, -0.25) is 4.79 Å². The van der Waals surface area contributed by atoms with Gasteiger partial charge in [-0.1, -0.05) is 0 Å². The Bertz CT molecular complexity index is 584. The lowest BCUT2D eigenvalue weighted by atomic mass is 10.0. The molecule has 0 bridgehead atoms. The molecule has 0 aromatic carbocycles. The Hall–Kier alpha value is -2.02. The van der Waals surface area contributed by atoms with E-state index in [1.807, 2.05) is 11.8 Å². The van der Waals surface area contributed by atoms with Gasteiger partial charge < -0.3 is 25.1 Å². The largest absolute Gasteiger partial charge is 0.466 e. The van der Waals surface area contributed by atoms with Gasteiger partial charge in [0.05, 0.1) is 12.8 Å². The SMILES string of the molecule is CCNC(=NCC(C)(O)c1ccco1)NCCC(=O)N1CCCCC1C. The number of amides is 1. The zero-order valence-corrected chi connectivity index (χ0v) is 16.1. The molecule has 1 fully saturated rings. The van der Waals surface area contributed by atoms with Crippen LogP contribution < -0.4 is 10.6 Å². The normalized spacial score (nSPS) is 20.5. The zero-order valence-electron chi connectivity index (χ0n) is 16.1. The molecule has 2 atom stereocenters. The van der Waals surface area contributed by atoms with E-state index in [2.05, 4.69) is 22.5 Å². The summed E-state index contributed by atoms with van der Waals surface area (Å²) in [5.41, 5.74) is -1.18. The van der Waals surface area contributed by atoms with Crippen LogP contribution in [0.3, 0.4) is 0 Å². The lowest BCUT2D eigenvalue weighted by Gasteiger charge is -2.33. The summed E-state index contributed by atoms with van der Waals surface area (Å²) in [5, 5.41) is 16.8. The van der Waals surface area contributed by atoms with E-state index in [1.54, 1.807) is 19.1 Å². The van der Waals surface area contributed by atoms with Crippen LogP contribution in [-0.4, -0.2) is 54.1 Å². The molecule has 2 rings (SSSR count). The molecule has 1 aromatic heterocycles. The summed E-state index contributed by atoms with van der Waals surface area (Å²) in [4.78, 5) is 18.8. The molecule has 2 heterocycles. The minimum Gasteiger partial charge on any atom is -0.466 e. The third-order valence-corrected chi connectivity index (χ3v) is 4.70. The van der Waals surface area contributed by atoms with Crippen LogP contribution in [0.4, 0.5) is 0 Å². The van der Waals surface area contributed by atoms with Crippen molar-refractivity contribution in [2.75, 3.05) is 26.2 Å². The highest BCUT2D eigenvalue weighted by Gasteiger charge is 2.26.